The highest BCUT2D eigenvalue weighted by Crippen LogP contribution is 2.40. The van der Waals surface area contributed by atoms with Gasteiger partial charge in [0.2, 0.25) is 5.91 Å². The lowest BCUT2D eigenvalue weighted by Gasteiger charge is -2.14. The van der Waals surface area contributed by atoms with Gasteiger partial charge in [-0.25, -0.2) is 4.39 Å². The molecule has 2 aromatic carbocycles. The minimum absolute atomic E-state index is 0.135. The molecular weight excluding hydrogens is 309 g/mol. The predicted octanol–water partition coefficient (Wildman–Crippen LogP) is 2.55. The molecule has 0 bridgehead atoms. The van der Waals surface area contributed by atoms with Crippen molar-refractivity contribution in [3.8, 4) is 11.5 Å². The van der Waals surface area contributed by atoms with E-state index >= 15 is 0 Å². The van der Waals surface area contributed by atoms with Gasteiger partial charge in [0.25, 0.3) is 0 Å². The molecule has 24 heavy (non-hydrogen) atoms. The highest BCUT2D eigenvalue weighted by molar-refractivity contribution is 5.78. The van der Waals surface area contributed by atoms with Crippen molar-refractivity contribution in [1.29, 1.82) is 0 Å². The lowest BCUT2D eigenvalue weighted by Crippen LogP contribution is -2.25. The van der Waals surface area contributed by atoms with E-state index in [2.05, 4.69) is 11.4 Å². The zero-order valence-electron chi connectivity index (χ0n) is 13.2. The van der Waals surface area contributed by atoms with Gasteiger partial charge in [0.1, 0.15) is 17.3 Å². The van der Waals surface area contributed by atoms with Crippen LogP contribution in [0, 0.1) is 5.82 Å². The third-order valence-electron chi connectivity index (χ3n) is 4.48. The summed E-state index contributed by atoms with van der Waals surface area (Å²) in [6, 6.07) is 8.17. The molecule has 0 aromatic heterocycles. The van der Waals surface area contributed by atoms with E-state index in [0.29, 0.717) is 25.3 Å². The molecule has 0 radical (unpaired) electrons. The highest BCUT2D eigenvalue weighted by Gasteiger charge is 2.26. The second-order valence-corrected chi connectivity index (χ2v) is 6.10. The Bertz CT molecular complexity index is 771. The average molecular weight is 327 g/mol. The van der Waals surface area contributed by atoms with Crippen LogP contribution in [0.3, 0.4) is 0 Å². The second-order valence-electron chi connectivity index (χ2n) is 6.10. The van der Waals surface area contributed by atoms with Crippen LogP contribution in [0.1, 0.15) is 22.3 Å². The fraction of sp³-hybridized carbons (Fsp3) is 0.316. The van der Waals surface area contributed by atoms with Crippen molar-refractivity contribution in [1.82, 2.24) is 5.32 Å². The Labute approximate surface area is 139 Å². The third-order valence-corrected chi connectivity index (χ3v) is 4.48. The number of ether oxygens (including phenoxy) is 2. The molecule has 2 aromatic rings. The first-order chi connectivity index (χ1) is 11.7. The van der Waals surface area contributed by atoms with Crippen LogP contribution in [0.2, 0.25) is 0 Å². The Hall–Kier alpha value is -2.56. The Morgan fingerprint density at radius 3 is 2.92 bits per heavy atom. The molecule has 2 aliphatic rings. The molecule has 1 N–H and O–H groups in total. The van der Waals surface area contributed by atoms with Crippen LogP contribution in [0.15, 0.2) is 30.3 Å². The Kier molecular flexibility index (Phi) is 3.84. The second kappa shape index (κ2) is 6.15. The number of fused-ring (bicyclic) bond motifs is 2. The summed E-state index contributed by atoms with van der Waals surface area (Å²) in [7, 11) is 0. The molecule has 0 unspecified atom stereocenters. The van der Waals surface area contributed by atoms with Gasteiger partial charge in [0.05, 0.1) is 19.6 Å². The van der Waals surface area contributed by atoms with Gasteiger partial charge in [-0.05, 0) is 23.8 Å². The van der Waals surface area contributed by atoms with Crippen molar-refractivity contribution in [2.75, 3.05) is 13.2 Å². The maximum atomic E-state index is 13.2. The number of amides is 1. The summed E-state index contributed by atoms with van der Waals surface area (Å²) in [6.07, 6.45) is 1.86. The van der Waals surface area contributed by atoms with Gasteiger partial charge in [0.15, 0.2) is 0 Å². The number of nitrogens with one attached hydrogen (secondary N) is 1. The van der Waals surface area contributed by atoms with Crippen molar-refractivity contribution in [3.63, 3.8) is 0 Å². The Balaban J connectivity index is 1.49. The van der Waals surface area contributed by atoms with Crippen LogP contribution < -0.4 is 14.8 Å². The topological polar surface area (TPSA) is 47.6 Å². The van der Waals surface area contributed by atoms with Crippen molar-refractivity contribution in [2.45, 2.75) is 25.8 Å². The summed E-state index contributed by atoms with van der Waals surface area (Å²) in [4.78, 5) is 12.2. The lowest BCUT2D eigenvalue weighted by molar-refractivity contribution is -0.120. The Morgan fingerprint density at radius 1 is 1.17 bits per heavy atom. The van der Waals surface area contributed by atoms with E-state index in [1.165, 1.54) is 12.1 Å². The fourth-order valence-electron chi connectivity index (χ4n) is 3.35. The molecule has 4 rings (SSSR count). The van der Waals surface area contributed by atoms with Crippen LogP contribution in [0.4, 0.5) is 4.39 Å². The zero-order valence-corrected chi connectivity index (χ0v) is 13.2. The largest absolute Gasteiger partial charge is 0.493 e. The smallest absolute Gasteiger partial charge is 0.224 e. The van der Waals surface area contributed by atoms with Gasteiger partial charge in [-0.2, -0.15) is 0 Å². The molecule has 0 atom stereocenters. The van der Waals surface area contributed by atoms with E-state index in [1.54, 1.807) is 12.1 Å². The van der Waals surface area contributed by atoms with Crippen molar-refractivity contribution in [2.24, 2.45) is 0 Å². The van der Waals surface area contributed by atoms with Crippen molar-refractivity contribution < 1.29 is 18.7 Å². The molecule has 0 spiro atoms. The molecule has 124 valence electrons. The van der Waals surface area contributed by atoms with Gasteiger partial charge in [-0.3, -0.25) is 4.79 Å². The number of rotatable bonds is 4. The van der Waals surface area contributed by atoms with Crippen LogP contribution in [-0.4, -0.2) is 19.1 Å². The summed E-state index contributed by atoms with van der Waals surface area (Å²) in [5, 5.41) is 2.93. The van der Waals surface area contributed by atoms with E-state index in [9.17, 15) is 9.18 Å². The molecule has 1 amide bonds. The van der Waals surface area contributed by atoms with Crippen LogP contribution in [0.5, 0.6) is 11.5 Å². The van der Waals surface area contributed by atoms with E-state index in [-0.39, 0.29) is 18.1 Å². The van der Waals surface area contributed by atoms with E-state index in [1.807, 2.05) is 0 Å². The van der Waals surface area contributed by atoms with Crippen molar-refractivity contribution in [3.05, 3.63) is 58.4 Å². The van der Waals surface area contributed by atoms with Gasteiger partial charge >= 0.3 is 0 Å². The number of benzene rings is 2. The molecule has 2 heterocycles. The van der Waals surface area contributed by atoms with Gasteiger partial charge in [0, 0.05) is 36.1 Å². The van der Waals surface area contributed by atoms with Gasteiger partial charge in [-0.15, -0.1) is 0 Å². The first-order valence-electron chi connectivity index (χ1n) is 8.15. The first kappa shape index (κ1) is 15.0. The van der Waals surface area contributed by atoms with Gasteiger partial charge in [-0.1, -0.05) is 12.1 Å². The van der Waals surface area contributed by atoms with E-state index < -0.39 is 0 Å². The maximum Gasteiger partial charge on any atom is 0.224 e. The standard InChI is InChI=1S/C19H18FNO3/c20-14-3-1-2-12(8-14)9-18(22)21-11-16-15-5-7-23-17(15)10-13-4-6-24-19(13)16/h1-3,8,10H,4-7,9,11H2,(H,21,22). The Morgan fingerprint density at radius 2 is 2.04 bits per heavy atom. The zero-order chi connectivity index (χ0) is 16.5. The SMILES string of the molecule is O=C(Cc1cccc(F)c1)NCc1c2c(cc3c1OCC3)OCC2. The molecule has 0 aliphatic carbocycles. The van der Waals surface area contributed by atoms with Crippen LogP contribution >= 0.6 is 0 Å². The molecule has 5 heteroatoms. The van der Waals surface area contributed by atoms with E-state index in [4.69, 9.17) is 9.47 Å². The summed E-state index contributed by atoms with van der Waals surface area (Å²) < 4.78 is 24.6. The first-order valence-corrected chi connectivity index (χ1v) is 8.15. The maximum absolute atomic E-state index is 13.2. The lowest BCUT2D eigenvalue weighted by atomic mass is 9.99. The molecule has 0 fully saturated rings. The molecular formula is C19H18FNO3. The summed E-state index contributed by atoms with van der Waals surface area (Å²) in [6.45, 7) is 1.74. The molecule has 4 nitrogen and oxygen atoms in total. The number of carbonyl (C=O) groups is 1. The number of halogens is 1. The number of hydrogen-bond acceptors (Lipinski definition) is 3. The number of hydrogen-bond donors (Lipinski definition) is 1. The van der Waals surface area contributed by atoms with Crippen molar-refractivity contribution >= 4 is 5.91 Å². The van der Waals surface area contributed by atoms with Crippen LogP contribution in [-0.2, 0) is 30.6 Å². The third kappa shape index (κ3) is 2.82. The highest BCUT2D eigenvalue weighted by atomic mass is 19.1. The number of carbonyl (C=O) groups excluding carboxylic acids is 1. The minimum Gasteiger partial charge on any atom is -0.493 e. The molecule has 0 saturated heterocycles. The minimum atomic E-state index is -0.329. The normalized spacial score (nSPS) is 14.5. The fourth-order valence-corrected chi connectivity index (χ4v) is 3.35. The molecule has 2 aliphatic heterocycles. The summed E-state index contributed by atoms with van der Waals surface area (Å²) in [5.41, 5.74) is 3.95. The van der Waals surface area contributed by atoms with Gasteiger partial charge < -0.3 is 14.8 Å². The molecule has 0 saturated carbocycles. The quantitative estimate of drug-likeness (QED) is 0.939. The van der Waals surface area contributed by atoms with Crippen LogP contribution in [0.25, 0.3) is 0 Å². The summed E-state index contributed by atoms with van der Waals surface area (Å²) in [5.74, 6) is 1.34. The average Bonchev–Trinajstić information content (AvgIpc) is 3.20. The van der Waals surface area contributed by atoms with E-state index in [0.717, 1.165) is 41.0 Å². The predicted molar refractivity (Wildman–Crippen MR) is 86.8 cm³/mol. The summed E-state index contributed by atoms with van der Waals surface area (Å²) >= 11 is 0. The monoisotopic (exact) mass is 327 g/mol.